The maximum atomic E-state index is 12.1. The normalized spacial score (nSPS) is 22.2. The van der Waals surface area contributed by atoms with E-state index in [-0.39, 0.29) is 23.8 Å². The highest BCUT2D eigenvalue weighted by atomic mass is 32.2. The van der Waals surface area contributed by atoms with Gasteiger partial charge in [0.05, 0.1) is 19.3 Å². The second-order valence-corrected chi connectivity index (χ2v) is 8.54. The lowest BCUT2D eigenvalue weighted by Gasteiger charge is -2.44. The molecule has 9 nitrogen and oxygen atoms in total. The van der Waals surface area contributed by atoms with Gasteiger partial charge in [-0.3, -0.25) is 4.90 Å². The molecule has 3 rings (SSSR count). The molecule has 1 N–H and O–H groups in total. The summed E-state index contributed by atoms with van der Waals surface area (Å²) >= 11 is 0. The van der Waals surface area contributed by atoms with Gasteiger partial charge in [-0.15, -0.1) is 0 Å². The molecule has 0 aliphatic carbocycles. The number of carbonyl (C=O) groups is 2. The first-order valence-electron chi connectivity index (χ1n) is 9.69. The number of piperidine rings is 2. The molecule has 1 unspecified atom stereocenters. The summed E-state index contributed by atoms with van der Waals surface area (Å²) in [5.74, 6) is -0.557. The maximum Gasteiger partial charge on any atom is 0.423 e. The third-order valence-corrected chi connectivity index (χ3v) is 6.16. The van der Waals surface area contributed by atoms with E-state index in [0.717, 1.165) is 38.8 Å². The fourth-order valence-electron chi connectivity index (χ4n) is 4.03. The van der Waals surface area contributed by atoms with E-state index in [0.29, 0.717) is 6.04 Å². The number of hydrogen-bond acceptors (Lipinski definition) is 8. The average Bonchev–Trinajstić information content (AvgIpc) is 2.71. The lowest BCUT2D eigenvalue weighted by atomic mass is 9.84. The minimum absolute atomic E-state index is 0.122. The Bertz CT molecular complexity index is 841. The van der Waals surface area contributed by atoms with Gasteiger partial charge in [-0.25, -0.2) is 9.59 Å². The van der Waals surface area contributed by atoms with Crippen LogP contribution in [-0.2, 0) is 19.8 Å². The second kappa shape index (κ2) is 9.45. The van der Waals surface area contributed by atoms with Gasteiger partial charge in [-0.1, -0.05) is 12.5 Å². The van der Waals surface area contributed by atoms with Crippen molar-refractivity contribution in [2.75, 3.05) is 26.8 Å². The van der Waals surface area contributed by atoms with Crippen LogP contribution in [0, 0.1) is 5.92 Å². The third-order valence-electron chi connectivity index (χ3n) is 5.33. The second-order valence-electron chi connectivity index (χ2n) is 7.26. The molecular weight excluding hydrogens is 400 g/mol. The first-order valence-corrected chi connectivity index (χ1v) is 11.1. The van der Waals surface area contributed by atoms with Crippen LogP contribution < -0.4 is 8.91 Å². The molecule has 160 valence electrons. The first kappa shape index (κ1) is 21.4. The Morgan fingerprint density at radius 1 is 1.17 bits per heavy atom. The minimum Gasteiger partial charge on any atom is -0.465 e. The number of amides is 1. The summed E-state index contributed by atoms with van der Waals surface area (Å²) in [5.41, 5.74) is 0.122. The lowest BCUT2D eigenvalue weighted by Crippen LogP contribution is -2.49. The molecule has 2 atom stereocenters. The van der Waals surface area contributed by atoms with Gasteiger partial charge < -0.3 is 13.7 Å². The molecule has 2 aliphatic heterocycles. The number of rotatable bonds is 6. The van der Waals surface area contributed by atoms with Crippen molar-refractivity contribution < 1.29 is 31.7 Å². The summed E-state index contributed by atoms with van der Waals surface area (Å²) in [6, 6.07) is 5.83. The maximum absolute atomic E-state index is 12.1. The van der Waals surface area contributed by atoms with Crippen LogP contribution in [0.2, 0.25) is 0 Å². The van der Waals surface area contributed by atoms with Crippen LogP contribution in [0.25, 0.3) is 0 Å². The molecule has 29 heavy (non-hydrogen) atoms. The number of methoxy groups -OCH3 is 1. The molecule has 1 aromatic carbocycles. The summed E-state index contributed by atoms with van der Waals surface area (Å²) in [5, 5.41) is 0. The Kier molecular flexibility index (Phi) is 6.96. The number of nitrogens with one attached hydrogen (secondary N) is 1. The summed E-state index contributed by atoms with van der Waals surface area (Å²) < 4.78 is 40.5. The van der Waals surface area contributed by atoms with Gasteiger partial charge in [0, 0.05) is 12.0 Å². The van der Waals surface area contributed by atoms with Crippen LogP contribution in [0.1, 0.15) is 42.5 Å². The summed E-state index contributed by atoms with van der Waals surface area (Å²) in [4.78, 5) is 26.0. The van der Waals surface area contributed by atoms with Crippen molar-refractivity contribution in [1.82, 2.24) is 9.62 Å². The molecule has 0 bridgehead atoms. The topological polar surface area (TPSA) is 111 Å². The predicted molar refractivity (Wildman–Crippen MR) is 104 cm³/mol. The number of carbonyl (C=O) groups excluding carboxylic acids is 2. The van der Waals surface area contributed by atoms with Gasteiger partial charge in [0.15, 0.2) is 0 Å². The average molecular weight is 426 g/mol. The van der Waals surface area contributed by atoms with E-state index in [9.17, 15) is 18.0 Å². The number of hydrogen-bond donors (Lipinski definition) is 1. The fourth-order valence-corrected chi connectivity index (χ4v) is 4.69. The Morgan fingerprint density at radius 3 is 2.76 bits per heavy atom. The zero-order valence-electron chi connectivity index (χ0n) is 16.3. The van der Waals surface area contributed by atoms with Gasteiger partial charge in [-0.05, 0) is 57.0 Å². The molecule has 2 saturated heterocycles. The smallest absolute Gasteiger partial charge is 0.423 e. The van der Waals surface area contributed by atoms with Crippen LogP contribution in [-0.4, -0.2) is 58.2 Å². The van der Waals surface area contributed by atoms with Crippen LogP contribution in [0.15, 0.2) is 24.3 Å². The van der Waals surface area contributed by atoms with Gasteiger partial charge in [0.25, 0.3) is 0 Å². The first-order chi connectivity index (χ1) is 13.9. The summed E-state index contributed by atoms with van der Waals surface area (Å²) in [7, 11) is -3.24. The summed E-state index contributed by atoms with van der Waals surface area (Å²) in [6.45, 7) is 2.31. The van der Waals surface area contributed by atoms with E-state index >= 15 is 0 Å². The van der Waals surface area contributed by atoms with E-state index in [1.807, 2.05) is 0 Å². The van der Waals surface area contributed by atoms with Crippen LogP contribution >= 0.6 is 0 Å². The van der Waals surface area contributed by atoms with Crippen molar-refractivity contribution in [3.63, 3.8) is 0 Å². The highest BCUT2D eigenvalue weighted by Gasteiger charge is 2.34. The van der Waals surface area contributed by atoms with E-state index in [2.05, 4.69) is 9.64 Å². The van der Waals surface area contributed by atoms with Crippen molar-refractivity contribution >= 4 is 22.4 Å². The van der Waals surface area contributed by atoms with Crippen molar-refractivity contribution in [3.05, 3.63) is 29.8 Å². The van der Waals surface area contributed by atoms with Crippen LogP contribution in [0.4, 0.5) is 4.79 Å². The van der Waals surface area contributed by atoms with Crippen molar-refractivity contribution in [2.24, 2.45) is 5.92 Å². The molecule has 2 fully saturated rings. The predicted octanol–water partition coefficient (Wildman–Crippen LogP) is 2.09. The number of ether oxygens (including phenoxy) is 2. The molecule has 10 heteroatoms. The Hall–Kier alpha value is -2.33. The van der Waals surface area contributed by atoms with Crippen LogP contribution in [0.3, 0.4) is 0 Å². The SMILES string of the molecule is COC(=O)c1cccc(OS(=O)(=O)NC(=O)OC[C@@H]2CCCN3CCCCC23)c1. The van der Waals surface area contributed by atoms with Gasteiger partial charge in [-0.2, -0.15) is 13.1 Å². The molecule has 1 amide bonds. The zero-order valence-corrected chi connectivity index (χ0v) is 17.2. The number of benzene rings is 1. The third kappa shape index (κ3) is 5.83. The Morgan fingerprint density at radius 2 is 1.97 bits per heavy atom. The molecular formula is C19H26N2O7S. The molecule has 2 heterocycles. The van der Waals surface area contributed by atoms with Gasteiger partial charge >= 0.3 is 22.4 Å². The fraction of sp³-hybridized carbons (Fsp3) is 0.579. The lowest BCUT2D eigenvalue weighted by molar-refractivity contribution is 0.0244. The van der Waals surface area contributed by atoms with Crippen LogP contribution in [0.5, 0.6) is 5.75 Å². The van der Waals surface area contributed by atoms with E-state index < -0.39 is 22.4 Å². The monoisotopic (exact) mass is 426 g/mol. The highest BCUT2D eigenvalue weighted by molar-refractivity contribution is 7.85. The Balaban J connectivity index is 1.52. The van der Waals surface area contributed by atoms with Gasteiger partial charge in [0.1, 0.15) is 5.75 Å². The number of esters is 1. The number of nitrogens with zero attached hydrogens (tertiary/aromatic N) is 1. The molecule has 0 saturated carbocycles. The van der Waals surface area contributed by atoms with Crippen molar-refractivity contribution in [3.8, 4) is 5.75 Å². The van der Waals surface area contributed by atoms with E-state index in [1.54, 1.807) is 4.72 Å². The molecule has 0 spiro atoms. The molecule has 1 aromatic rings. The highest BCUT2D eigenvalue weighted by Crippen LogP contribution is 2.31. The minimum atomic E-state index is -4.45. The van der Waals surface area contributed by atoms with Gasteiger partial charge in [0.2, 0.25) is 0 Å². The Labute approximate surface area is 170 Å². The standard InChI is InChI=1S/C19H26N2O7S/c1-26-18(22)14-6-4-8-16(12-14)28-29(24,25)20-19(23)27-13-15-7-5-11-21-10-3-2-9-17(15)21/h4,6,8,12,15,17H,2-3,5,7,9-11,13H2,1H3,(H,20,23)/t15-,17?/m0/s1. The zero-order chi connectivity index (χ0) is 20.9. The largest absolute Gasteiger partial charge is 0.465 e. The van der Waals surface area contributed by atoms with E-state index in [1.165, 1.54) is 37.8 Å². The molecule has 2 aliphatic rings. The number of fused-ring (bicyclic) bond motifs is 1. The molecule has 0 radical (unpaired) electrons. The quantitative estimate of drug-likeness (QED) is 0.689. The molecule has 0 aromatic heterocycles. The van der Waals surface area contributed by atoms with Crippen molar-refractivity contribution in [1.29, 1.82) is 0 Å². The van der Waals surface area contributed by atoms with E-state index in [4.69, 9.17) is 8.92 Å². The van der Waals surface area contributed by atoms with Crippen molar-refractivity contribution in [2.45, 2.75) is 38.1 Å². The summed E-state index contributed by atoms with van der Waals surface area (Å²) in [6.07, 6.45) is 4.35.